The van der Waals surface area contributed by atoms with E-state index in [1.807, 2.05) is 0 Å². The molecule has 4 aromatic carbocycles. The molecule has 268 valence electrons. The third-order valence-electron chi connectivity index (χ3n) is 8.23. The number of carbonyl (C=O) groups excluding carboxylic acids is 4. The summed E-state index contributed by atoms with van der Waals surface area (Å²) in [5, 5.41) is 0. The number of allylic oxidation sites excluding steroid dienone is 2. The summed E-state index contributed by atoms with van der Waals surface area (Å²) >= 11 is 0.596. The normalized spacial score (nSPS) is 19.8. The lowest BCUT2D eigenvalue weighted by molar-refractivity contribution is -0.165. The van der Waals surface area contributed by atoms with Gasteiger partial charge in [-0.15, -0.1) is 0 Å². The molecule has 0 amide bonds. The van der Waals surface area contributed by atoms with Crippen LogP contribution in [0.3, 0.4) is 0 Å². The van der Waals surface area contributed by atoms with E-state index in [1.165, 1.54) is 61.4 Å². The van der Waals surface area contributed by atoms with E-state index in [0.717, 1.165) is 0 Å². The SMILES string of the molecule is COc1ccc2c(c1)SC(C(=O)C(F)(F)F)=C(C)N2[C@@H]1O[C@H](COC(=O)c2ccccc2)[C@@H](OC(=O)c2ccccc2)[C@H]1OC(=O)c1ccccc1. The number of ether oxygens (including phenoxy) is 5. The Balaban J connectivity index is 1.46. The summed E-state index contributed by atoms with van der Waals surface area (Å²) in [4.78, 5) is 53.9. The van der Waals surface area contributed by atoms with Crippen molar-refractivity contribution in [1.82, 2.24) is 0 Å². The molecule has 1 fully saturated rings. The van der Waals surface area contributed by atoms with Crippen LogP contribution >= 0.6 is 11.8 Å². The standard InChI is InChI=1S/C38H30F3NO9S/c1-22-32(33(43)38(39,40)41)52-29-20-26(47-2)18-19-27(29)42(22)34-31(51-37(46)25-16-10-5-11-17-25)30(50-36(45)24-14-8-4-9-15-24)28(49-34)21-48-35(44)23-12-6-3-7-13-23/h3-20,28,30-31,34H,21H2,1-2H3/t28-,30-,31-,34-/m1/s1. The number of ketones is 1. The molecule has 0 N–H and O–H groups in total. The molecule has 0 aromatic heterocycles. The molecule has 4 aromatic rings. The van der Waals surface area contributed by atoms with E-state index in [2.05, 4.69) is 0 Å². The van der Waals surface area contributed by atoms with E-state index < -0.39 is 65.9 Å². The lowest BCUT2D eigenvalue weighted by Crippen LogP contribution is -2.48. The van der Waals surface area contributed by atoms with Gasteiger partial charge >= 0.3 is 24.1 Å². The average molecular weight is 734 g/mol. The van der Waals surface area contributed by atoms with Crippen LogP contribution in [0.2, 0.25) is 0 Å². The number of esters is 3. The fourth-order valence-corrected chi connectivity index (χ4v) is 6.83. The number of carbonyl (C=O) groups is 4. The number of anilines is 1. The molecule has 1 saturated heterocycles. The van der Waals surface area contributed by atoms with E-state index in [-0.39, 0.29) is 33.0 Å². The topological polar surface area (TPSA) is 118 Å². The summed E-state index contributed by atoms with van der Waals surface area (Å²) < 4.78 is 71.2. The third kappa shape index (κ3) is 7.67. The van der Waals surface area contributed by atoms with E-state index in [0.29, 0.717) is 17.5 Å². The summed E-state index contributed by atoms with van der Waals surface area (Å²) in [7, 11) is 1.38. The number of nitrogens with zero attached hydrogens (tertiary/aromatic N) is 1. The molecule has 2 aliphatic heterocycles. The number of hydrogen-bond donors (Lipinski definition) is 0. The lowest BCUT2D eigenvalue weighted by atomic mass is 10.1. The second kappa shape index (κ2) is 15.3. The highest BCUT2D eigenvalue weighted by Crippen LogP contribution is 2.49. The second-order valence-electron chi connectivity index (χ2n) is 11.5. The number of hydrogen-bond acceptors (Lipinski definition) is 11. The summed E-state index contributed by atoms with van der Waals surface area (Å²) in [6.45, 7) is 0.776. The summed E-state index contributed by atoms with van der Waals surface area (Å²) in [5.41, 5.74) is 0.577. The van der Waals surface area contributed by atoms with Crippen LogP contribution < -0.4 is 9.64 Å². The van der Waals surface area contributed by atoms with Crippen LogP contribution in [0.4, 0.5) is 18.9 Å². The zero-order valence-electron chi connectivity index (χ0n) is 27.6. The molecule has 52 heavy (non-hydrogen) atoms. The molecule has 0 unspecified atom stereocenters. The van der Waals surface area contributed by atoms with Gasteiger partial charge in [0, 0.05) is 10.6 Å². The fourth-order valence-electron chi connectivity index (χ4n) is 5.71. The van der Waals surface area contributed by atoms with Gasteiger partial charge in [0.25, 0.3) is 5.78 Å². The van der Waals surface area contributed by atoms with Gasteiger partial charge in [0.1, 0.15) is 18.5 Å². The molecule has 6 rings (SSSR count). The smallest absolute Gasteiger partial charge is 0.455 e. The molecular weight excluding hydrogens is 703 g/mol. The molecule has 2 aliphatic rings. The molecule has 2 heterocycles. The van der Waals surface area contributed by atoms with Gasteiger partial charge in [0.05, 0.1) is 34.4 Å². The minimum Gasteiger partial charge on any atom is -0.497 e. The summed E-state index contributed by atoms with van der Waals surface area (Å²) in [6, 6.07) is 28.4. The first-order valence-corrected chi connectivity index (χ1v) is 16.6. The quantitative estimate of drug-likeness (QED) is 0.124. The van der Waals surface area contributed by atoms with E-state index in [9.17, 15) is 32.3 Å². The number of rotatable bonds is 10. The fraction of sp³-hybridized carbons (Fsp3) is 0.211. The first kappa shape index (κ1) is 36.2. The van der Waals surface area contributed by atoms with Gasteiger partial charge < -0.3 is 28.6 Å². The number of benzene rings is 4. The summed E-state index contributed by atoms with van der Waals surface area (Å²) in [6.07, 6.45) is -11.1. The molecule has 0 bridgehead atoms. The van der Waals surface area contributed by atoms with Crippen LogP contribution in [-0.4, -0.2) is 68.1 Å². The Kier molecular flexibility index (Phi) is 10.7. The van der Waals surface area contributed by atoms with Gasteiger partial charge in [0.2, 0.25) is 0 Å². The first-order chi connectivity index (χ1) is 25.0. The summed E-state index contributed by atoms with van der Waals surface area (Å²) in [5.74, 6) is -4.25. The lowest BCUT2D eigenvalue weighted by Gasteiger charge is -2.39. The molecule has 0 saturated carbocycles. The van der Waals surface area contributed by atoms with Crippen LogP contribution in [0, 0.1) is 0 Å². The Morgan fingerprint density at radius 1 is 0.750 bits per heavy atom. The van der Waals surface area contributed by atoms with Gasteiger partial charge in [-0.1, -0.05) is 66.4 Å². The van der Waals surface area contributed by atoms with Crippen molar-refractivity contribution >= 4 is 41.1 Å². The molecule has 10 nitrogen and oxygen atoms in total. The predicted molar refractivity (Wildman–Crippen MR) is 182 cm³/mol. The maximum Gasteiger partial charge on any atom is 0.455 e. The number of fused-ring (bicyclic) bond motifs is 1. The zero-order chi connectivity index (χ0) is 37.0. The Hall–Kier alpha value is -5.60. The Morgan fingerprint density at radius 2 is 1.27 bits per heavy atom. The van der Waals surface area contributed by atoms with Crippen molar-refractivity contribution in [2.24, 2.45) is 0 Å². The molecule has 0 aliphatic carbocycles. The van der Waals surface area contributed by atoms with Crippen molar-refractivity contribution in [3.05, 3.63) is 136 Å². The van der Waals surface area contributed by atoms with Crippen molar-refractivity contribution in [3.8, 4) is 5.75 Å². The maximum absolute atomic E-state index is 14.0. The Morgan fingerprint density at radius 3 is 1.79 bits per heavy atom. The van der Waals surface area contributed by atoms with Crippen LogP contribution in [0.1, 0.15) is 38.0 Å². The number of thioether (sulfide) groups is 1. The minimum absolute atomic E-state index is 0.118. The van der Waals surface area contributed by atoms with Crippen LogP contribution in [0.5, 0.6) is 5.75 Å². The van der Waals surface area contributed by atoms with Gasteiger partial charge in [-0.3, -0.25) is 4.79 Å². The molecule has 4 atom stereocenters. The second-order valence-corrected chi connectivity index (χ2v) is 12.6. The van der Waals surface area contributed by atoms with Gasteiger partial charge in [0.15, 0.2) is 18.4 Å². The van der Waals surface area contributed by atoms with Crippen molar-refractivity contribution in [1.29, 1.82) is 0 Å². The largest absolute Gasteiger partial charge is 0.497 e. The van der Waals surface area contributed by atoms with Gasteiger partial charge in [-0.2, -0.15) is 13.2 Å². The highest BCUT2D eigenvalue weighted by molar-refractivity contribution is 8.04. The van der Waals surface area contributed by atoms with Crippen LogP contribution in [-0.2, 0) is 23.7 Å². The Bertz CT molecular complexity index is 1990. The molecule has 0 spiro atoms. The number of alkyl halides is 3. The zero-order valence-corrected chi connectivity index (χ0v) is 28.4. The van der Waals surface area contributed by atoms with E-state index >= 15 is 0 Å². The number of halogens is 3. The highest BCUT2D eigenvalue weighted by Gasteiger charge is 2.55. The average Bonchev–Trinajstić information content (AvgIpc) is 3.48. The number of Topliss-reactive ketones (excluding diaryl/α,β-unsaturated/α-hetero) is 1. The van der Waals surface area contributed by atoms with Gasteiger partial charge in [-0.05, 0) is 61.5 Å². The molecule has 14 heteroatoms. The van der Waals surface area contributed by atoms with Crippen LogP contribution in [0.25, 0.3) is 0 Å². The third-order valence-corrected chi connectivity index (χ3v) is 9.46. The predicted octanol–water partition coefficient (Wildman–Crippen LogP) is 7.00. The van der Waals surface area contributed by atoms with Crippen molar-refractivity contribution in [2.45, 2.75) is 42.5 Å². The van der Waals surface area contributed by atoms with E-state index in [1.54, 1.807) is 66.7 Å². The van der Waals surface area contributed by atoms with E-state index in [4.69, 9.17) is 23.7 Å². The van der Waals surface area contributed by atoms with Gasteiger partial charge in [-0.25, -0.2) is 14.4 Å². The molecular formula is C38H30F3NO9S. The van der Waals surface area contributed by atoms with Crippen molar-refractivity contribution in [3.63, 3.8) is 0 Å². The monoisotopic (exact) mass is 733 g/mol. The van der Waals surface area contributed by atoms with Crippen molar-refractivity contribution in [2.75, 3.05) is 18.6 Å². The van der Waals surface area contributed by atoms with Crippen LogP contribution in [0.15, 0.2) is 125 Å². The maximum atomic E-state index is 14.0. The first-order valence-electron chi connectivity index (χ1n) is 15.8. The Labute approximate surface area is 300 Å². The van der Waals surface area contributed by atoms with Crippen molar-refractivity contribution < 1.29 is 56.0 Å². The molecule has 0 radical (unpaired) electrons. The highest BCUT2D eigenvalue weighted by atomic mass is 32.2. The minimum atomic E-state index is -5.23. The number of methoxy groups -OCH3 is 1.